The summed E-state index contributed by atoms with van der Waals surface area (Å²) in [6.45, 7) is 3.78. The number of nitriles is 1. The minimum Gasteiger partial charge on any atom is -0.398 e. The van der Waals surface area contributed by atoms with Gasteiger partial charge in [-0.2, -0.15) is 5.26 Å². The lowest BCUT2D eigenvalue weighted by atomic mass is 10.0. The van der Waals surface area contributed by atoms with Gasteiger partial charge in [-0.3, -0.25) is 4.98 Å². The second-order valence-corrected chi connectivity index (χ2v) is 3.93. The molecule has 2 aromatic rings. The SMILES string of the molecule is Cc1nc(C(C)C#N)cc2c(N)cccc12. The second kappa shape index (κ2) is 3.82. The Hall–Kier alpha value is -2.08. The van der Waals surface area contributed by atoms with Crippen molar-refractivity contribution < 1.29 is 0 Å². The van der Waals surface area contributed by atoms with E-state index in [0.29, 0.717) is 0 Å². The molecule has 0 aliphatic rings. The van der Waals surface area contributed by atoms with Gasteiger partial charge in [0.05, 0.1) is 17.7 Å². The Kier molecular flexibility index (Phi) is 2.49. The largest absolute Gasteiger partial charge is 0.398 e. The van der Waals surface area contributed by atoms with Crippen molar-refractivity contribution in [1.82, 2.24) is 4.98 Å². The third kappa shape index (κ3) is 1.59. The maximum Gasteiger partial charge on any atom is 0.0857 e. The van der Waals surface area contributed by atoms with Crippen molar-refractivity contribution in [2.45, 2.75) is 19.8 Å². The molecule has 2 N–H and O–H groups in total. The van der Waals surface area contributed by atoms with Crippen LogP contribution in [0.2, 0.25) is 0 Å². The van der Waals surface area contributed by atoms with E-state index in [9.17, 15) is 0 Å². The molecule has 16 heavy (non-hydrogen) atoms. The first-order valence-electron chi connectivity index (χ1n) is 5.19. The summed E-state index contributed by atoms with van der Waals surface area (Å²) in [7, 11) is 0. The van der Waals surface area contributed by atoms with Crippen molar-refractivity contribution in [1.29, 1.82) is 5.26 Å². The van der Waals surface area contributed by atoms with E-state index in [1.54, 1.807) is 0 Å². The molecule has 3 heteroatoms. The van der Waals surface area contributed by atoms with Crippen molar-refractivity contribution in [3.05, 3.63) is 35.7 Å². The molecule has 0 fully saturated rings. The third-order valence-electron chi connectivity index (χ3n) is 2.76. The van der Waals surface area contributed by atoms with Crippen molar-refractivity contribution in [3.8, 4) is 6.07 Å². The van der Waals surface area contributed by atoms with Gasteiger partial charge < -0.3 is 5.73 Å². The fraction of sp³-hybridized carbons (Fsp3) is 0.231. The van der Waals surface area contributed by atoms with Gasteiger partial charge >= 0.3 is 0 Å². The zero-order valence-electron chi connectivity index (χ0n) is 9.36. The molecule has 1 atom stereocenters. The van der Waals surface area contributed by atoms with E-state index in [4.69, 9.17) is 11.0 Å². The number of nitrogen functional groups attached to an aromatic ring is 1. The van der Waals surface area contributed by atoms with E-state index >= 15 is 0 Å². The molecule has 0 bridgehead atoms. The number of hydrogen-bond acceptors (Lipinski definition) is 3. The maximum absolute atomic E-state index is 8.90. The van der Waals surface area contributed by atoms with Gasteiger partial charge in [0.2, 0.25) is 0 Å². The van der Waals surface area contributed by atoms with E-state index in [-0.39, 0.29) is 5.92 Å². The number of pyridine rings is 1. The van der Waals surface area contributed by atoms with Crippen LogP contribution in [0.25, 0.3) is 10.8 Å². The van der Waals surface area contributed by atoms with Gasteiger partial charge in [0.15, 0.2) is 0 Å². The van der Waals surface area contributed by atoms with Crippen LogP contribution in [0.15, 0.2) is 24.3 Å². The highest BCUT2D eigenvalue weighted by Crippen LogP contribution is 2.26. The van der Waals surface area contributed by atoms with Crippen LogP contribution in [-0.4, -0.2) is 4.98 Å². The Morgan fingerprint density at radius 2 is 2.12 bits per heavy atom. The number of aromatic nitrogens is 1. The van der Waals surface area contributed by atoms with Crippen LogP contribution in [0.1, 0.15) is 24.2 Å². The van der Waals surface area contributed by atoms with Gasteiger partial charge in [-0.15, -0.1) is 0 Å². The summed E-state index contributed by atoms with van der Waals surface area (Å²) in [5.74, 6) is -0.206. The van der Waals surface area contributed by atoms with Gasteiger partial charge in [0, 0.05) is 22.2 Å². The number of rotatable bonds is 1. The molecule has 80 valence electrons. The van der Waals surface area contributed by atoms with E-state index in [1.165, 1.54) is 0 Å². The van der Waals surface area contributed by atoms with E-state index < -0.39 is 0 Å². The molecule has 0 amide bonds. The number of fused-ring (bicyclic) bond motifs is 1. The summed E-state index contributed by atoms with van der Waals surface area (Å²) in [5.41, 5.74) is 8.36. The summed E-state index contributed by atoms with van der Waals surface area (Å²) >= 11 is 0. The van der Waals surface area contributed by atoms with Gasteiger partial charge in [-0.1, -0.05) is 12.1 Å². The molecule has 0 aliphatic carbocycles. The van der Waals surface area contributed by atoms with Crippen LogP contribution in [0, 0.1) is 18.3 Å². The normalized spacial score (nSPS) is 12.3. The van der Waals surface area contributed by atoms with Crippen LogP contribution in [0.4, 0.5) is 5.69 Å². The number of nitrogens with zero attached hydrogens (tertiary/aromatic N) is 2. The summed E-state index contributed by atoms with van der Waals surface area (Å²) in [5, 5.41) is 10.9. The van der Waals surface area contributed by atoms with Gasteiger partial charge in [0.25, 0.3) is 0 Å². The van der Waals surface area contributed by atoms with Gasteiger partial charge in [0.1, 0.15) is 0 Å². The first kappa shape index (κ1) is 10.4. The smallest absolute Gasteiger partial charge is 0.0857 e. The number of hydrogen-bond donors (Lipinski definition) is 1. The summed E-state index contributed by atoms with van der Waals surface area (Å²) in [6.07, 6.45) is 0. The Morgan fingerprint density at radius 3 is 2.81 bits per heavy atom. The highest BCUT2D eigenvalue weighted by Gasteiger charge is 2.09. The molecule has 3 nitrogen and oxygen atoms in total. The molecular weight excluding hydrogens is 198 g/mol. The van der Waals surface area contributed by atoms with Crippen molar-refractivity contribution >= 4 is 16.5 Å². The molecule has 1 aromatic carbocycles. The van der Waals surface area contributed by atoms with Crippen LogP contribution < -0.4 is 5.73 Å². The van der Waals surface area contributed by atoms with E-state index in [2.05, 4.69) is 11.1 Å². The zero-order chi connectivity index (χ0) is 11.7. The molecule has 1 unspecified atom stereocenters. The Balaban J connectivity index is 2.76. The molecule has 0 radical (unpaired) electrons. The molecular formula is C13H13N3. The van der Waals surface area contributed by atoms with Crippen LogP contribution in [0.5, 0.6) is 0 Å². The molecule has 1 heterocycles. The second-order valence-electron chi connectivity index (χ2n) is 3.93. The fourth-order valence-corrected chi connectivity index (χ4v) is 1.78. The lowest BCUT2D eigenvalue weighted by molar-refractivity contribution is 0.914. The topological polar surface area (TPSA) is 62.7 Å². The minimum atomic E-state index is -0.206. The predicted octanol–water partition coefficient (Wildman–Crippen LogP) is 2.75. The zero-order valence-corrected chi connectivity index (χ0v) is 9.36. The first-order chi connectivity index (χ1) is 7.63. The minimum absolute atomic E-state index is 0.206. The molecule has 0 saturated heterocycles. The van der Waals surface area contributed by atoms with Crippen molar-refractivity contribution in [2.75, 3.05) is 5.73 Å². The molecule has 0 saturated carbocycles. The summed E-state index contributed by atoms with van der Waals surface area (Å²) in [6, 6.07) is 9.87. The van der Waals surface area contributed by atoms with E-state index in [1.807, 2.05) is 38.1 Å². The quantitative estimate of drug-likeness (QED) is 0.738. The average molecular weight is 211 g/mol. The Bertz CT molecular complexity index is 581. The van der Waals surface area contributed by atoms with Crippen LogP contribution >= 0.6 is 0 Å². The Morgan fingerprint density at radius 1 is 1.38 bits per heavy atom. The lowest BCUT2D eigenvalue weighted by Gasteiger charge is -2.09. The summed E-state index contributed by atoms with van der Waals surface area (Å²) in [4.78, 5) is 4.44. The Labute approximate surface area is 94.5 Å². The van der Waals surface area contributed by atoms with Crippen LogP contribution in [-0.2, 0) is 0 Å². The van der Waals surface area contributed by atoms with Crippen molar-refractivity contribution in [2.24, 2.45) is 0 Å². The monoisotopic (exact) mass is 211 g/mol. The molecule has 2 rings (SSSR count). The van der Waals surface area contributed by atoms with Crippen molar-refractivity contribution in [3.63, 3.8) is 0 Å². The maximum atomic E-state index is 8.90. The highest BCUT2D eigenvalue weighted by molar-refractivity contribution is 5.94. The van der Waals surface area contributed by atoms with Gasteiger partial charge in [-0.25, -0.2) is 0 Å². The fourth-order valence-electron chi connectivity index (χ4n) is 1.78. The van der Waals surface area contributed by atoms with Gasteiger partial charge in [-0.05, 0) is 26.0 Å². The average Bonchev–Trinajstić information content (AvgIpc) is 2.29. The number of benzene rings is 1. The number of nitrogens with two attached hydrogens (primary N) is 1. The molecule has 0 aliphatic heterocycles. The number of aryl methyl sites for hydroxylation is 1. The lowest BCUT2D eigenvalue weighted by Crippen LogP contribution is -1.98. The predicted molar refractivity (Wildman–Crippen MR) is 64.9 cm³/mol. The molecule has 0 spiro atoms. The first-order valence-corrected chi connectivity index (χ1v) is 5.19. The number of anilines is 1. The standard InChI is InChI=1S/C13H13N3/c1-8(7-14)13-6-11-10(9(2)16-13)4-3-5-12(11)15/h3-6,8H,15H2,1-2H3. The van der Waals surface area contributed by atoms with Crippen LogP contribution in [0.3, 0.4) is 0 Å². The van der Waals surface area contributed by atoms with E-state index in [0.717, 1.165) is 27.8 Å². The molecule has 1 aromatic heterocycles. The summed E-state index contributed by atoms with van der Waals surface area (Å²) < 4.78 is 0. The highest BCUT2D eigenvalue weighted by atomic mass is 14.7. The third-order valence-corrected chi connectivity index (χ3v) is 2.76.